The average Bonchev–Trinajstić information content (AvgIpc) is 3.70. The fourth-order valence-electron chi connectivity index (χ4n) is 14.0. The Bertz CT molecular complexity index is 762. The van der Waals surface area contributed by atoms with E-state index in [4.69, 9.17) is 0 Å². The minimum atomic E-state index is 0.618. The van der Waals surface area contributed by atoms with Gasteiger partial charge < -0.3 is 0 Å². The second-order valence-electron chi connectivity index (χ2n) is 16.4. The fraction of sp³-hybridized carbons (Fsp3) is 1.00. The van der Waals surface area contributed by atoms with E-state index < -0.39 is 0 Å². The van der Waals surface area contributed by atoms with E-state index in [0.29, 0.717) is 21.7 Å². The van der Waals surface area contributed by atoms with Crippen molar-refractivity contribution < 1.29 is 0 Å². The lowest BCUT2D eigenvalue weighted by Gasteiger charge is -2.68. The molecule has 5 atom stereocenters. The summed E-state index contributed by atoms with van der Waals surface area (Å²) < 4.78 is 0. The summed E-state index contributed by atoms with van der Waals surface area (Å²) >= 11 is 0. The van der Waals surface area contributed by atoms with Crippen molar-refractivity contribution in [3.63, 3.8) is 0 Å². The molecule has 8 fully saturated rings. The normalized spacial score (nSPS) is 54.2. The van der Waals surface area contributed by atoms with Crippen LogP contribution in [0.3, 0.4) is 0 Å². The first kappa shape index (κ1) is 23.1. The van der Waals surface area contributed by atoms with Crippen LogP contribution in [0.2, 0.25) is 0 Å². The van der Waals surface area contributed by atoms with Crippen molar-refractivity contribution in [3.05, 3.63) is 0 Å². The molecule has 0 amide bonds. The van der Waals surface area contributed by atoms with E-state index in [-0.39, 0.29) is 0 Å². The second kappa shape index (κ2) is 7.53. The molecular weight excluding hydrogens is 408 g/mol. The number of hydrogen-bond acceptors (Lipinski definition) is 0. The second-order valence-corrected chi connectivity index (χ2v) is 16.4. The zero-order valence-corrected chi connectivity index (χ0v) is 23.4. The highest BCUT2D eigenvalue weighted by Crippen LogP contribution is 2.87. The van der Waals surface area contributed by atoms with Crippen LogP contribution < -0.4 is 0 Å². The largest absolute Gasteiger partial charge is 0.0654 e. The Balaban J connectivity index is 1.37. The summed E-state index contributed by atoms with van der Waals surface area (Å²) in [4.78, 5) is 0. The first-order valence-electron chi connectivity index (χ1n) is 16.3. The fourth-order valence-corrected chi connectivity index (χ4v) is 14.0. The number of fused-ring (bicyclic) bond motifs is 2. The number of rotatable bonds is 10. The van der Waals surface area contributed by atoms with E-state index in [1.165, 1.54) is 12.8 Å². The van der Waals surface area contributed by atoms with Gasteiger partial charge in [0.15, 0.2) is 0 Å². The highest BCUT2D eigenvalue weighted by atomic mass is 14.8. The van der Waals surface area contributed by atoms with Crippen LogP contribution in [0.4, 0.5) is 0 Å². The molecule has 0 nitrogen and oxygen atoms in total. The van der Waals surface area contributed by atoms with Gasteiger partial charge in [-0.1, -0.05) is 47.0 Å². The van der Waals surface area contributed by atoms with Crippen LogP contribution in [0, 0.1) is 62.6 Å². The van der Waals surface area contributed by atoms with Crippen molar-refractivity contribution in [2.24, 2.45) is 62.6 Å². The predicted molar refractivity (Wildman–Crippen MR) is 144 cm³/mol. The smallest absolute Gasteiger partial charge is 0.0148 e. The average molecular weight is 465 g/mol. The van der Waals surface area contributed by atoms with Crippen LogP contribution in [0.25, 0.3) is 0 Å². The first-order valence-corrected chi connectivity index (χ1v) is 16.3. The van der Waals surface area contributed by atoms with Gasteiger partial charge in [0.2, 0.25) is 0 Å². The zero-order valence-electron chi connectivity index (χ0n) is 23.4. The Labute approximate surface area is 212 Å². The molecule has 0 aromatic carbocycles. The van der Waals surface area contributed by atoms with E-state index in [9.17, 15) is 0 Å². The molecule has 0 saturated heterocycles. The van der Waals surface area contributed by atoms with Crippen molar-refractivity contribution in [3.8, 4) is 0 Å². The molecule has 0 aromatic rings. The van der Waals surface area contributed by atoms with Crippen LogP contribution in [0.1, 0.15) is 150 Å². The summed E-state index contributed by atoms with van der Waals surface area (Å²) in [6, 6.07) is 0. The molecule has 5 unspecified atom stereocenters. The van der Waals surface area contributed by atoms with E-state index in [1.54, 1.807) is 109 Å². The summed E-state index contributed by atoms with van der Waals surface area (Å²) in [5.74, 6) is 6.47. The van der Waals surface area contributed by atoms with Gasteiger partial charge in [0.1, 0.15) is 0 Å². The maximum atomic E-state index is 2.89. The minimum Gasteiger partial charge on any atom is -0.0654 e. The van der Waals surface area contributed by atoms with Gasteiger partial charge in [0, 0.05) is 0 Å². The van der Waals surface area contributed by atoms with Crippen molar-refractivity contribution in [2.75, 3.05) is 0 Å². The third kappa shape index (κ3) is 2.96. The third-order valence-corrected chi connectivity index (χ3v) is 14.8. The Hall–Kier alpha value is 0. The molecule has 8 saturated carbocycles. The monoisotopic (exact) mass is 464 g/mol. The van der Waals surface area contributed by atoms with Gasteiger partial charge in [-0.25, -0.2) is 0 Å². The minimum absolute atomic E-state index is 0.618. The van der Waals surface area contributed by atoms with Crippen LogP contribution >= 0.6 is 0 Å². The van der Waals surface area contributed by atoms with Crippen molar-refractivity contribution >= 4 is 0 Å². The zero-order chi connectivity index (χ0) is 23.4. The van der Waals surface area contributed by atoms with Crippen LogP contribution in [-0.4, -0.2) is 0 Å². The van der Waals surface area contributed by atoms with Gasteiger partial charge >= 0.3 is 0 Å². The van der Waals surface area contributed by atoms with Crippen LogP contribution in [0.5, 0.6) is 0 Å². The van der Waals surface area contributed by atoms with Gasteiger partial charge in [-0.15, -0.1) is 0 Å². The Morgan fingerprint density at radius 2 is 1.47 bits per heavy atom. The molecule has 192 valence electrons. The molecule has 0 spiro atoms. The van der Waals surface area contributed by atoms with Crippen LogP contribution in [0.15, 0.2) is 0 Å². The van der Waals surface area contributed by atoms with E-state index >= 15 is 0 Å². The predicted octanol–water partition coefficient (Wildman–Crippen LogP) is 10.2. The number of hydrogen-bond donors (Lipinski definition) is 0. The lowest BCUT2D eigenvalue weighted by atomic mass is 9.36. The molecule has 6 bridgehead atoms. The highest BCUT2D eigenvalue weighted by molar-refractivity contribution is 5.28. The molecule has 8 rings (SSSR count). The molecule has 0 N–H and O–H groups in total. The van der Waals surface area contributed by atoms with Crippen molar-refractivity contribution in [2.45, 2.75) is 150 Å². The molecule has 8 aliphatic rings. The Kier molecular flexibility index (Phi) is 5.12. The van der Waals surface area contributed by atoms with Gasteiger partial charge in [-0.05, 0) is 165 Å². The quantitative estimate of drug-likeness (QED) is 0.301. The Morgan fingerprint density at radius 3 is 2.00 bits per heavy atom. The Morgan fingerprint density at radius 1 is 0.824 bits per heavy atom. The van der Waals surface area contributed by atoms with Gasteiger partial charge in [0.05, 0.1) is 0 Å². The molecule has 0 heterocycles. The SMILES string of the molecule is CCCC12CCC(C)(C1)C(CC13CC4CC(CC(C4)C1)C3)(C(C)C1CC1)C2(CC)CCC1CC1. The summed E-state index contributed by atoms with van der Waals surface area (Å²) in [6.07, 6.45) is 30.0. The molecule has 0 heteroatoms. The topological polar surface area (TPSA) is 0 Å². The molecule has 8 aliphatic carbocycles. The summed E-state index contributed by atoms with van der Waals surface area (Å²) in [6.45, 7) is 10.9. The highest BCUT2D eigenvalue weighted by Gasteiger charge is 2.79. The van der Waals surface area contributed by atoms with Gasteiger partial charge in [0.25, 0.3) is 0 Å². The lowest BCUT2D eigenvalue weighted by Crippen LogP contribution is -2.61. The molecular formula is C34H56. The third-order valence-electron chi connectivity index (χ3n) is 14.8. The van der Waals surface area contributed by atoms with Crippen LogP contribution in [-0.2, 0) is 0 Å². The maximum absolute atomic E-state index is 2.89. The van der Waals surface area contributed by atoms with E-state index in [1.807, 2.05) is 0 Å². The molecule has 0 radical (unpaired) electrons. The molecule has 34 heavy (non-hydrogen) atoms. The van der Waals surface area contributed by atoms with Gasteiger partial charge in [-0.2, -0.15) is 0 Å². The summed E-state index contributed by atoms with van der Waals surface area (Å²) in [5, 5.41) is 0. The maximum Gasteiger partial charge on any atom is -0.0148 e. The standard InChI is InChI=1S/C34H56/c1-5-12-32-15-14-30(4,22-32)34(24(3)29-9-10-29,33(32,6-2)13-11-25-7-8-25)23-31-19-26-16-27(20-31)18-28(17-26)21-31/h24-29H,5-23H2,1-4H3. The summed E-state index contributed by atoms with van der Waals surface area (Å²) in [7, 11) is 0. The first-order chi connectivity index (χ1) is 16.3. The lowest BCUT2D eigenvalue weighted by molar-refractivity contribution is -0.196. The molecule has 0 aliphatic heterocycles. The van der Waals surface area contributed by atoms with E-state index in [2.05, 4.69) is 27.7 Å². The van der Waals surface area contributed by atoms with Gasteiger partial charge in [-0.3, -0.25) is 0 Å². The van der Waals surface area contributed by atoms with E-state index in [0.717, 1.165) is 40.9 Å². The van der Waals surface area contributed by atoms with Crippen molar-refractivity contribution in [1.29, 1.82) is 0 Å². The summed E-state index contributed by atoms with van der Waals surface area (Å²) in [5.41, 5.74) is 3.29. The molecule has 0 aromatic heterocycles. The van der Waals surface area contributed by atoms with Crippen molar-refractivity contribution in [1.82, 2.24) is 0 Å².